The summed E-state index contributed by atoms with van der Waals surface area (Å²) in [6.07, 6.45) is 1.39. The van der Waals surface area contributed by atoms with Crippen LogP contribution in [0.15, 0.2) is 42.6 Å². The Bertz CT molecular complexity index is 582. The first-order valence-corrected chi connectivity index (χ1v) is 5.02. The highest BCUT2D eigenvalue weighted by Crippen LogP contribution is 2.23. The van der Waals surface area contributed by atoms with Crippen LogP contribution >= 0.6 is 0 Å². The van der Waals surface area contributed by atoms with Crippen molar-refractivity contribution in [3.05, 3.63) is 63.6 Å². The van der Waals surface area contributed by atoms with Crippen LogP contribution in [0.5, 0.6) is 0 Å². The van der Waals surface area contributed by atoms with Crippen molar-refractivity contribution >= 4 is 5.69 Å². The third-order valence-corrected chi connectivity index (χ3v) is 2.49. The molecular weight excluding hydrogens is 220 g/mol. The molecule has 86 valence electrons. The Labute approximate surface area is 97.7 Å². The SMILES string of the molecule is Cc1cc(-c2cccc([N+](=O)[O-])c2)cc[n+]1[O-]. The van der Waals surface area contributed by atoms with Crippen molar-refractivity contribution in [1.82, 2.24) is 0 Å². The van der Waals surface area contributed by atoms with E-state index in [1.54, 1.807) is 31.2 Å². The molecule has 5 nitrogen and oxygen atoms in total. The lowest BCUT2D eigenvalue weighted by molar-refractivity contribution is -0.612. The summed E-state index contributed by atoms with van der Waals surface area (Å²) < 4.78 is 0.751. The van der Waals surface area contributed by atoms with Gasteiger partial charge in [0.05, 0.1) is 4.92 Å². The van der Waals surface area contributed by atoms with E-state index in [1.165, 1.54) is 18.3 Å². The molecule has 0 N–H and O–H groups in total. The third-order valence-electron chi connectivity index (χ3n) is 2.49. The van der Waals surface area contributed by atoms with Gasteiger partial charge in [0.25, 0.3) is 5.69 Å². The summed E-state index contributed by atoms with van der Waals surface area (Å²) in [6.45, 7) is 1.69. The minimum absolute atomic E-state index is 0.0407. The molecule has 1 aromatic carbocycles. The number of hydrogen-bond acceptors (Lipinski definition) is 3. The van der Waals surface area contributed by atoms with Gasteiger partial charge in [0.15, 0.2) is 11.9 Å². The van der Waals surface area contributed by atoms with Gasteiger partial charge in [0.1, 0.15) is 0 Å². The van der Waals surface area contributed by atoms with Crippen LogP contribution in [-0.4, -0.2) is 4.92 Å². The van der Waals surface area contributed by atoms with E-state index in [4.69, 9.17) is 0 Å². The summed E-state index contributed by atoms with van der Waals surface area (Å²) in [5.41, 5.74) is 2.11. The number of aromatic nitrogens is 1. The largest absolute Gasteiger partial charge is 0.619 e. The van der Waals surface area contributed by atoms with Crippen LogP contribution in [0, 0.1) is 22.2 Å². The first kappa shape index (κ1) is 11.1. The number of aryl methyl sites for hydroxylation is 1. The number of pyridine rings is 1. The average molecular weight is 230 g/mol. The molecule has 0 aliphatic rings. The van der Waals surface area contributed by atoms with Crippen LogP contribution in [0.4, 0.5) is 5.69 Å². The molecule has 0 aliphatic carbocycles. The van der Waals surface area contributed by atoms with Crippen LogP contribution in [-0.2, 0) is 0 Å². The van der Waals surface area contributed by atoms with Gasteiger partial charge in [-0.25, -0.2) is 0 Å². The van der Waals surface area contributed by atoms with Crippen LogP contribution in [0.1, 0.15) is 5.69 Å². The van der Waals surface area contributed by atoms with Crippen LogP contribution in [0.3, 0.4) is 0 Å². The fourth-order valence-corrected chi connectivity index (χ4v) is 1.58. The van der Waals surface area contributed by atoms with Gasteiger partial charge in [0, 0.05) is 31.2 Å². The topological polar surface area (TPSA) is 70.1 Å². The van der Waals surface area contributed by atoms with Crippen LogP contribution < -0.4 is 4.73 Å². The van der Waals surface area contributed by atoms with Gasteiger partial charge >= 0.3 is 0 Å². The predicted molar refractivity (Wildman–Crippen MR) is 62.2 cm³/mol. The van der Waals surface area contributed by atoms with E-state index in [0.717, 1.165) is 15.9 Å². The molecule has 0 fully saturated rings. The van der Waals surface area contributed by atoms with Gasteiger partial charge in [-0.2, -0.15) is 4.73 Å². The summed E-state index contributed by atoms with van der Waals surface area (Å²) >= 11 is 0. The van der Waals surface area contributed by atoms with E-state index in [2.05, 4.69) is 0 Å². The van der Waals surface area contributed by atoms with Gasteiger partial charge in [-0.05, 0) is 11.1 Å². The molecule has 5 heteroatoms. The van der Waals surface area contributed by atoms with Gasteiger partial charge in [-0.3, -0.25) is 10.1 Å². The first-order chi connectivity index (χ1) is 8.08. The number of nitro groups is 1. The summed E-state index contributed by atoms with van der Waals surface area (Å²) in [6, 6.07) is 9.67. The maximum absolute atomic E-state index is 11.2. The van der Waals surface area contributed by atoms with Gasteiger partial charge in [-0.15, -0.1) is 0 Å². The Kier molecular flexibility index (Phi) is 2.74. The lowest BCUT2D eigenvalue weighted by Crippen LogP contribution is -2.28. The summed E-state index contributed by atoms with van der Waals surface area (Å²) in [5, 5.41) is 21.8. The smallest absolute Gasteiger partial charge is 0.270 e. The fraction of sp³-hybridized carbons (Fsp3) is 0.0833. The van der Waals surface area contributed by atoms with Crippen molar-refractivity contribution in [1.29, 1.82) is 0 Å². The number of benzene rings is 1. The highest BCUT2D eigenvalue weighted by Gasteiger charge is 2.08. The predicted octanol–water partition coefficient (Wildman–Crippen LogP) is 2.20. The van der Waals surface area contributed by atoms with E-state index < -0.39 is 4.92 Å². The Morgan fingerprint density at radius 3 is 2.53 bits per heavy atom. The molecule has 2 aromatic rings. The maximum atomic E-state index is 11.2. The molecule has 2 rings (SSSR count). The van der Waals surface area contributed by atoms with Crippen molar-refractivity contribution < 1.29 is 9.65 Å². The van der Waals surface area contributed by atoms with Crippen molar-refractivity contribution in [3.8, 4) is 11.1 Å². The Morgan fingerprint density at radius 2 is 1.88 bits per heavy atom. The molecule has 0 spiro atoms. The van der Waals surface area contributed by atoms with E-state index in [0.29, 0.717) is 5.69 Å². The molecule has 0 radical (unpaired) electrons. The summed E-state index contributed by atoms with van der Waals surface area (Å²) in [4.78, 5) is 10.2. The molecule has 1 aromatic heterocycles. The zero-order chi connectivity index (χ0) is 12.4. The summed E-state index contributed by atoms with van der Waals surface area (Å²) in [5.74, 6) is 0. The molecule has 1 heterocycles. The second-order valence-corrected chi connectivity index (χ2v) is 3.69. The number of rotatable bonds is 2. The zero-order valence-electron chi connectivity index (χ0n) is 9.16. The first-order valence-electron chi connectivity index (χ1n) is 5.02. The minimum atomic E-state index is -0.437. The number of hydrogen-bond donors (Lipinski definition) is 0. The van der Waals surface area contributed by atoms with E-state index >= 15 is 0 Å². The van der Waals surface area contributed by atoms with Gasteiger partial charge in [0.2, 0.25) is 0 Å². The number of non-ortho nitro benzene ring substituents is 1. The Balaban J connectivity index is 2.49. The molecule has 0 amide bonds. The lowest BCUT2D eigenvalue weighted by atomic mass is 10.1. The van der Waals surface area contributed by atoms with Crippen molar-refractivity contribution in [3.63, 3.8) is 0 Å². The quantitative estimate of drug-likeness (QED) is 0.343. The normalized spacial score (nSPS) is 10.2. The second kappa shape index (κ2) is 4.21. The summed E-state index contributed by atoms with van der Waals surface area (Å²) in [7, 11) is 0. The van der Waals surface area contributed by atoms with E-state index in [1.807, 2.05) is 0 Å². The Morgan fingerprint density at radius 1 is 1.18 bits per heavy atom. The maximum Gasteiger partial charge on any atom is 0.270 e. The van der Waals surface area contributed by atoms with Crippen molar-refractivity contribution in [2.75, 3.05) is 0 Å². The molecule has 0 unspecified atom stereocenters. The molecule has 0 saturated heterocycles. The van der Waals surface area contributed by atoms with Crippen LogP contribution in [0.25, 0.3) is 11.1 Å². The molecule has 17 heavy (non-hydrogen) atoms. The standard InChI is InChI=1S/C12H10N2O3/c1-9-7-11(5-6-13(9)15)10-3-2-4-12(8-10)14(16)17/h2-8H,1H3. The second-order valence-electron chi connectivity index (χ2n) is 3.69. The lowest BCUT2D eigenvalue weighted by Gasteiger charge is -2.04. The molecule has 0 bridgehead atoms. The van der Waals surface area contributed by atoms with Gasteiger partial charge in [-0.1, -0.05) is 12.1 Å². The zero-order valence-corrected chi connectivity index (χ0v) is 9.16. The molecule has 0 saturated carbocycles. The average Bonchev–Trinajstić information content (AvgIpc) is 2.33. The van der Waals surface area contributed by atoms with Gasteiger partial charge < -0.3 is 5.21 Å². The minimum Gasteiger partial charge on any atom is -0.619 e. The number of nitro benzene ring substituents is 1. The van der Waals surface area contributed by atoms with E-state index in [9.17, 15) is 15.3 Å². The highest BCUT2D eigenvalue weighted by atomic mass is 16.6. The highest BCUT2D eigenvalue weighted by molar-refractivity contribution is 5.65. The Hall–Kier alpha value is -2.43. The van der Waals surface area contributed by atoms with E-state index in [-0.39, 0.29) is 5.69 Å². The monoisotopic (exact) mass is 230 g/mol. The number of nitrogens with zero attached hydrogens (tertiary/aromatic N) is 2. The third kappa shape index (κ3) is 2.23. The van der Waals surface area contributed by atoms with Crippen molar-refractivity contribution in [2.24, 2.45) is 0 Å². The molecule has 0 aliphatic heterocycles. The van der Waals surface area contributed by atoms with Crippen molar-refractivity contribution in [2.45, 2.75) is 6.92 Å². The fourth-order valence-electron chi connectivity index (χ4n) is 1.58. The molecular formula is C12H10N2O3. The molecule has 0 atom stereocenters. The van der Waals surface area contributed by atoms with Crippen LogP contribution in [0.2, 0.25) is 0 Å².